The summed E-state index contributed by atoms with van der Waals surface area (Å²) in [6, 6.07) is 21.7. The smallest absolute Gasteiger partial charge is 0.258 e. The maximum atomic E-state index is 12.8. The molecule has 2 fully saturated rings. The molecule has 4 aromatic carbocycles. The van der Waals surface area contributed by atoms with Crippen LogP contribution in [0, 0.1) is 0 Å². The fraction of sp³-hybridized carbons (Fsp3) is 0.227. The van der Waals surface area contributed by atoms with E-state index in [4.69, 9.17) is 34.8 Å². The van der Waals surface area contributed by atoms with Gasteiger partial charge in [0, 0.05) is 50.6 Å². The van der Waals surface area contributed by atoms with Gasteiger partial charge in [-0.2, -0.15) is 8.61 Å². The number of carbonyl (C=O) groups excluding carboxylic acids is 2. The predicted molar refractivity (Wildman–Crippen MR) is 258 cm³/mol. The van der Waals surface area contributed by atoms with Gasteiger partial charge in [0.25, 0.3) is 11.8 Å². The molecule has 0 bridgehead atoms. The summed E-state index contributed by atoms with van der Waals surface area (Å²) in [7, 11) is -5.05. The van der Waals surface area contributed by atoms with Gasteiger partial charge in [-0.05, 0) is 98.8 Å². The Morgan fingerprint density at radius 3 is 1.48 bits per heavy atom. The second kappa shape index (κ2) is 21.8. The molecule has 0 spiro atoms. The number of amides is 2. The molecule has 0 atom stereocenters. The van der Waals surface area contributed by atoms with Crippen LogP contribution in [0.4, 0.5) is 34.6 Å². The summed E-state index contributed by atoms with van der Waals surface area (Å²) in [4.78, 5) is 44.1. The summed E-state index contributed by atoms with van der Waals surface area (Å²) in [5.74, 6) is -0.503. The molecule has 18 nitrogen and oxygen atoms in total. The normalized spacial score (nSPS) is 14.9. The van der Waals surface area contributed by atoms with E-state index in [0.29, 0.717) is 62.0 Å². The Morgan fingerprint density at radius 1 is 0.552 bits per heavy atom. The van der Waals surface area contributed by atoms with Gasteiger partial charge in [-0.25, -0.2) is 36.8 Å². The molecule has 23 heteroatoms. The van der Waals surface area contributed by atoms with Crippen LogP contribution in [0.2, 0.25) is 15.1 Å². The van der Waals surface area contributed by atoms with Crippen molar-refractivity contribution in [2.75, 3.05) is 67.6 Å². The number of halogens is 3. The molecule has 0 aliphatic carbocycles. The van der Waals surface area contributed by atoms with Crippen LogP contribution in [0.15, 0.2) is 120 Å². The topological polar surface area (TPSA) is 232 Å². The van der Waals surface area contributed by atoms with Crippen molar-refractivity contribution in [3.63, 3.8) is 0 Å². The van der Waals surface area contributed by atoms with Gasteiger partial charge in [0.2, 0.25) is 31.9 Å². The molecule has 2 aliphatic heterocycles. The quantitative estimate of drug-likeness (QED) is 0.0790. The zero-order chi connectivity index (χ0) is 47.7. The van der Waals surface area contributed by atoms with Crippen molar-refractivity contribution in [2.45, 2.75) is 29.1 Å². The fourth-order valence-electron chi connectivity index (χ4n) is 6.82. The molecule has 5 N–H and O–H groups in total. The number of nitrogens with one attached hydrogen (secondary N) is 4. The van der Waals surface area contributed by atoms with Crippen molar-refractivity contribution in [1.29, 1.82) is 0 Å². The van der Waals surface area contributed by atoms with Gasteiger partial charge < -0.3 is 31.3 Å². The number of likely N-dealkylation sites (N-methyl/N-ethyl adjacent to an activating group) is 1. The second-order valence-electron chi connectivity index (χ2n) is 15.2. The third-order valence-corrected chi connectivity index (χ3v) is 15.3. The Labute approximate surface area is 402 Å². The highest BCUT2D eigenvalue weighted by atomic mass is 35.5. The van der Waals surface area contributed by atoms with Crippen molar-refractivity contribution in [1.82, 2.24) is 33.4 Å². The highest BCUT2D eigenvalue weighted by Gasteiger charge is 2.28. The Balaban J connectivity index is 0.000000199. The van der Waals surface area contributed by atoms with Crippen LogP contribution in [0.3, 0.4) is 0 Å². The van der Waals surface area contributed by atoms with E-state index >= 15 is 0 Å². The van der Waals surface area contributed by atoms with Crippen molar-refractivity contribution in [2.24, 2.45) is 0 Å². The third-order valence-electron chi connectivity index (χ3n) is 10.5. The molecule has 2 aliphatic rings. The summed E-state index contributed by atoms with van der Waals surface area (Å²) in [6.45, 7) is 3.46. The number of hydrogen-bond donors (Lipinski definition) is 5. The first kappa shape index (κ1) is 48.9. The number of piperidine rings is 1. The first-order valence-electron chi connectivity index (χ1n) is 20.7. The number of anilines is 6. The van der Waals surface area contributed by atoms with Crippen LogP contribution in [0.5, 0.6) is 5.75 Å². The lowest BCUT2D eigenvalue weighted by Crippen LogP contribution is -2.46. The van der Waals surface area contributed by atoms with Gasteiger partial charge in [-0.3, -0.25) is 9.59 Å². The zero-order valence-electron chi connectivity index (χ0n) is 35.7. The van der Waals surface area contributed by atoms with Crippen molar-refractivity contribution in [3.8, 4) is 5.75 Å². The highest BCUT2D eigenvalue weighted by Crippen LogP contribution is 2.27. The van der Waals surface area contributed by atoms with Crippen LogP contribution in [-0.4, -0.2) is 114 Å². The number of nitrogens with zero attached hydrogens (tertiary/aromatic N) is 7. The average Bonchev–Trinajstić information content (AvgIpc) is 3.32. The number of hydrogen-bond acceptors (Lipinski definition) is 14. The van der Waals surface area contributed by atoms with Gasteiger partial charge in [-0.1, -0.05) is 47.3 Å². The molecular weight excluding hydrogens is 965 g/mol. The third kappa shape index (κ3) is 12.5. The van der Waals surface area contributed by atoms with E-state index in [1.54, 1.807) is 66.7 Å². The summed E-state index contributed by atoms with van der Waals surface area (Å²) in [5.41, 5.74) is 2.24. The van der Waals surface area contributed by atoms with Crippen LogP contribution in [0.25, 0.3) is 0 Å². The first-order chi connectivity index (χ1) is 32.1. The molecule has 0 saturated carbocycles. The SMILES string of the molecule is CN1CCN(S(=O)(=O)c2ccc(Nc3ncc(NC(=O)c4c(Cl)cccc4Cl)cn3)cc2)CC1.O=C(Nc1cnc(Nc2ccc(S(=O)(=O)N3CCCCC3)cc2)nc1)c1cc(O)ccc1Cl. The molecular formula is C44H44Cl3N11O7S2. The maximum Gasteiger partial charge on any atom is 0.258 e. The minimum absolute atomic E-state index is 0.0740. The highest BCUT2D eigenvalue weighted by molar-refractivity contribution is 7.89. The van der Waals surface area contributed by atoms with E-state index in [1.165, 1.54) is 51.6 Å². The largest absolute Gasteiger partial charge is 0.508 e. The molecule has 0 unspecified atom stereocenters. The molecule has 350 valence electrons. The predicted octanol–water partition coefficient (Wildman–Crippen LogP) is 7.72. The number of carbonyl (C=O) groups is 2. The summed E-state index contributed by atoms with van der Waals surface area (Å²) in [5, 5.41) is 21.5. The van der Waals surface area contributed by atoms with E-state index in [-0.39, 0.29) is 53.6 Å². The van der Waals surface area contributed by atoms with Gasteiger partial charge in [0.1, 0.15) is 5.75 Å². The lowest BCUT2D eigenvalue weighted by Gasteiger charge is -2.31. The number of sulfonamides is 2. The van der Waals surface area contributed by atoms with Crippen molar-refractivity contribution in [3.05, 3.63) is 136 Å². The monoisotopic (exact) mass is 1010 g/mol. The van der Waals surface area contributed by atoms with E-state index < -0.39 is 31.9 Å². The molecule has 6 aromatic rings. The number of aromatic nitrogens is 4. The van der Waals surface area contributed by atoms with Crippen LogP contribution < -0.4 is 21.3 Å². The second-order valence-corrected chi connectivity index (χ2v) is 20.3. The van der Waals surface area contributed by atoms with Crippen LogP contribution >= 0.6 is 34.8 Å². The minimum Gasteiger partial charge on any atom is -0.508 e. The molecule has 67 heavy (non-hydrogen) atoms. The van der Waals surface area contributed by atoms with Gasteiger partial charge in [0.05, 0.1) is 72.1 Å². The zero-order valence-corrected chi connectivity index (χ0v) is 39.6. The Bertz CT molecular complexity index is 2900. The lowest BCUT2D eigenvalue weighted by atomic mass is 10.2. The van der Waals surface area contributed by atoms with Crippen LogP contribution in [0.1, 0.15) is 40.0 Å². The fourth-order valence-corrected chi connectivity index (χ4v) is 10.5. The molecule has 4 heterocycles. The lowest BCUT2D eigenvalue weighted by molar-refractivity contribution is 0.101. The molecule has 2 aromatic heterocycles. The number of aromatic hydroxyl groups is 1. The van der Waals surface area contributed by atoms with Crippen molar-refractivity contribution < 1.29 is 31.5 Å². The standard InChI is InChI=1S/C22H22Cl2N6O3S.C22H22ClN5O4S/c1-29-9-11-30(12-10-29)34(32,33)17-7-5-15(6-8-17)28-22-25-13-16(14-26-22)27-21(31)20-18(23)3-2-4-19(20)24;23-20-9-6-17(29)12-19(20)21(30)26-16-13-24-22(25-14-16)27-15-4-7-18(8-5-15)33(31,32)28-10-2-1-3-11-28/h2-8,13-14H,9-12H2,1H3,(H,27,31)(H,25,26,28);4-9,12-14,29H,1-3,10-11H2,(H,26,30)(H,24,25,27). The van der Waals surface area contributed by atoms with Crippen LogP contribution in [-0.2, 0) is 20.0 Å². The minimum atomic E-state index is -3.53. The Morgan fingerprint density at radius 2 is 1.00 bits per heavy atom. The van der Waals surface area contributed by atoms with E-state index in [2.05, 4.69) is 46.1 Å². The number of benzene rings is 4. The summed E-state index contributed by atoms with van der Waals surface area (Å²) in [6.07, 6.45) is 8.52. The maximum absolute atomic E-state index is 12.8. The van der Waals surface area contributed by atoms with Gasteiger partial charge >= 0.3 is 0 Å². The van der Waals surface area contributed by atoms with Gasteiger partial charge in [-0.15, -0.1) is 0 Å². The van der Waals surface area contributed by atoms with E-state index in [0.717, 1.165) is 19.3 Å². The first-order valence-corrected chi connectivity index (χ1v) is 24.7. The number of rotatable bonds is 12. The molecule has 2 amide bonds. The number of phenols is 1. The summed E-state index contributed by atoms with van der Waals surface area (Å²) < 4.78 is 54.2. The van der Waals surface area contributed by atoms with Crippen molar-refractivity contribution >= 4 is 101 Å². The van der Waals surface area contributed by atoms with E-state index in [1.807, 2.05) is 7.05 Å². The molecule has 2 saturated heterocycles. The molecule has 8 rings (SSSR count). The number of piperazine rings is 1. The van der Waals surface area contributed by atoms with Gasteiger partial charge in [0.15, 0.2) is 0 Å². The van der Waals surface area contributed by atoms with E-state index in [9.17, 15) is 31.5 Å². The Kier molecular flexibility index (Phi) is 15.9. The molecule has 0 radical (unpaired) electrons. The average molecular weight is 1010 g/mol. The Hall–Kier alpha value is -5.97. The number of phenolic OH excluding ortho intramolecular Hbond substituents is 1. The summed E-state index contributed by atoms with van der Waals surface area (Å²) >= 11 is 18.1.